The lowest BCUT2D eigenvalue weighted by Crippen LogP contribution is -2.48. The highest BCUT2D eigenvalue weighted by Gasteiger charge is 2.30. The molecule has 0 atom stereocenters. The third-order valence-electron chi connectivity index (χ3n) is 5.08. The minimum Gasteiger partial charge on any atom is -0.494 e. The fourth-order valence-electron chi connectivity index (χ4n) is 3.48. The first-order valence-corrected chi connectivity index (χ1v) is 11.4. The number of halogens is 1. The van der Waals surface area contributed by atoms with E-state index in [1.807, 2.05) is 31.2 Å². The Morgan fingerprint density at radius 1 is 1.03 bits per heavy atom. The van der Waals surface area contributed by atoms with Crippen molar-refractivity contribution in [2.75, 3.05) is 32.8 Å². The van der Waals surface area contributed by atoms with Crippen LogP contribution in [0.2, 0.25) is 0 Å². The normalized spacial score (nSPS) is 15.8. The first kappa shape index (κ1) is 21.3. The van der Waals surface area contributed by atoms with Crippen LogP contribution < -0.4 is 4.74 Å². The topological polar surface area (TPSA) is 93.4 Å². The first-order chi connectivity index (χ1) is 15.0. The molecular formula is C20H23FN6O3S. The minimum absolute atomic E-state index is 0.265. The van der Waals surface area contributed by atoms with Crippen molar-refractivity contribution in [1.29, 1.82) is 0 Å². The van der Waals surface area contributed by atoms with Crippen molar-refractivity contribution in [3.63, 3.8) is 0 Å². The molecule has 2 heterocycles. The van der Waals surface area contributed by atoms with Gasteiger partial charge in [-0.25, -0.2) is 12.8 Å². The average Bonchev–Trinajstić information content (AvgIpc) is 3.23. The van der Waals surface area contributed by atoms with Crippen LogP contribution >= 0.6 is 0 Å². The van der Waals surface area contributed by atoms with Crippen LogP contribution in [0.5, 0.6) is 5.75 Å². The second-order valence-electron chi connectivity index (χ2n) is 7.04. The third kappa shape index (κ3) is 4.58. The summed E-state index contributed by atoms with van der Waals surface area (Å²) in [6.07, 6.45) is 0. The molecule has 0 N–H and O–H groups in total. The molecule has 4 rings (SSSR count). The largest absolute Gasteiger partial charge is 0.494 e. The van der Waals surface area contributed by atoms with E-state index in [-0.39, 0.29) is 18.0 Å². The van der Waals surface area contributed by atoms with E-state index < -0.39 is 15.8 Å². The minimum atomic E-state index is -3.86. The number of piperazine rings is 1. The van der Waals surface area contributed by atoms with Crippen LogP contribution in [-0.2, 0) is 16.6 Å². The maximum atomic E-state index is 14.0. The Bertz CT molecular complexity index is 1130. The predicted octanol–water partition coefficient (Wildman–Crippen LogP) is 1.71. The van der Waals surface area contributed by atoms with E-state index in [0.717, 1.165) is 17.5 Å². The Morgan fingerprint density at radius 2 is 1.74 bits per heavy atom. The molecule has 1 aliphatic rings. The lowest BCUT2D eigenvalue weighted by molar-refractivity contribution is 0.176. The van der Waals surface area contributed by atoms with Gasteiger partial charge in [-0.1, -0.05) is 12.1 Å². The average molecular weight is 447 g/mol. The van der Waals surface area contributed by atoms with Crippen molar-refractivity contribution >= 4 is 10.0 Å². The van der Waals surface area contributed by atoms with Gasteiger partial charge in [-0.2, -0.15) is 8.99 Å². The van der Waals surface area contributed by atoms with Crippen molar-refractivity contribution in [3.05, 3.63) is 60.2 Å². The maximum absolute atomic E-state index is 14.0. The van der Waals surface area contributed by atoms with Crippen LogP contribution in [0.25, 0.3) is 5.69 Å². The molecule has 0 aliphatic carbocycles. The van der Waals surface area contributed by atoms with E-state index in [1.165, 1.54) is 22.5 Å². The molecule has 164 valence electrons. The molecule has 0 spiro atoms. The summed E-state index contributed by atoms with van der Waals surface area (Å²) in [4.78, 5) is 1.78. The van der Waals surface area contributed by atoms with Gasteiger partial charge in [0.15, 0.2) is 5.82 Å². The molecule has 1 aromatic heterocycles. The predicted molar refractivity (Wildman–Crippen MR) is 111 cm³/mol. The summed E-state index contributed by atoms with van der Waals surface area (Å²) in [6, 6.07) is 12.9. The van der Waals surface area contributed by atoms with Crippen molar-refractivity contribution in [3.8, 4) is 11.4 Å². The number of hydrogen-bond acceptors (Lipinski definition) is 7. The van der Waals surface area contributed by atoms with Crippen molar-refractivity contribution in [2.24, 2.45) is 0 Å². The number of nitrogens with zero attached hydrogens (tertiary/aromatic N) is 6. The molecule has 0 bridgehead atoms. The smallest absolute Gasteiger partial charge is 0.246 e. The van der Waals surface area contributed by atoms with Gasteiger partial charge in [0.1, 0.15) is 16.5 Å². The molecule has 1 saturated heterocycles. The number of aromatic nitrogens is 4. The van der Waals surface area contributed by atoms with E-state index in [1.54, 1.807) is 4.68 Å². The Morgan fingerprint density at radius 3 is 2.42 bits per heavy atom. The molecule has 0 radical (unpaired) electrons. The highest BCUT2D eigenvalue weighted by atomic mass is 32.2. The summed E-state index contributed by atoms with van der Waals surface area (Å²) < 4.78 is 48.0. The van der Waals surface area contributed by atoms with Gasteiger partial charge < -0.3 is 4.74 Å². The van der Waals surface area contributed by atoms with Gasteiger partial charge in [-0.15, -0.1) is 5.10 Å². The standard InChI is InChI=1S/C20H23FN6O3S/c1-2-30-17-9-7-16(8-10-17)27-20(22-23-24-27)15-25-11-13-26(14-12-25)31(28,29)19-6-4-3-5-18(19)21/h3-10H,2,11-15H2,1H3. The number of tetrazole rings is 1. The molecule has 2 aromatic carbocycles. The lowest BCUT2D eigenvalue weighted by Gasteiger charge is -2.33. The quantitative estimate of drug-likeness (QED) is 0.545. The van der Waals surface area contributed by atoms with Gasteiger partial charge in [0, 0.05) is 26.2 Å². The van der Waals surface area contributed by atoms with Crippen LogP contribution in [0, 0.1) is 5.82 Å². The summed E-state index contributed by atoms with van der Waals surface area (Å²) in [5, 5.41) is 12.0. The van der Waals surface area contributed by atoms with Gasteiger partial charge in [0.05, 0.1) is 18.8 Å². The summed E-state index contributed by atoms with van der Waals surface area (Å²) in [5.74, 6) is 0.682. The second kappa shape index (κ2) is 9.08. The number of rotatable bonds is 7. The number of sulfonamides is 1. The molecule has 1 aliphatic heterocycles. The molecule has 31 heavy (non-hydrogen) atoms. The van der Waals surface area contributed by atoms with Gasteiger partial charge in [0.2, 0.25) is 10.0 Å². The van der Waals surface area contributed by atoms with E-state index in [0.29, 0.717) is 32.1 Å². The van der Waals surface area contributed by atoms with Crippen LogP contribution in [-0.4, -0.2) is 70.6 Å². The van der Waals surface area contributed by atoms with E-state index in [4.69, 9.17) is 4.74 Å². The Labute approximate surface area is 180 Å². The van der Waals surface area contributed by atoms with Gasteiger partial charge >= 0.3 is 0 Å². The van der Waals surface area contributed by atoms with Crippen LogP contribution in [0.3, 0.4) is 0 Å². The molecular weight excluding hydrogens is 423 g/mol. The van der Waals surface area contributed by atoms with Crippen LogP contribution in [0.15, 0.2) is 53.4 Å². The molecule has 0 amide bonds. The van der Waals surface area contributed by atoms with E-state index >= 15 is 0 Å². The van der Waals surface area contributed by atoms with Crippen LogP contribution in [0.1, 0.15) is 12.7 Å². The zero-order chi connectivity index (χ0) is 21.8. The number of ether oxygens (including phenoxy) is 1. The second-order valence-corrected chi connectivity index (χ2v) is 8.95. The van der Waals surface area contributed by atoms with Crippen LogP contribution in [0.4, 0.5) is 4.39 Å². The third-order valence-corrected chi connectivity index (χ3v) is 7.01. The highest BCUT2D eigenvalue weighted by molar-refractivity contribution is 7.89. The number of hydrogen-bond donors (Lipinski definition) is 0. The summed E-state index contributed by atoms with van der Waals surface area (Å²) in [6.45, 7) is 4.49. The fraction of sp³-hybridized carbons (Fsp3) is 0.350. The monoisotopic (exact) mass is 446 g/mol. The molecule has 1 fully saturated rings. The van der Waals surface area contributed by atoms with Gasteiger partial charge in [-0.05, 0) is 53.7 Å². The van der Waals surface area contributed by atoms with Crippen molar-refractivity contribution in [1.82, 2.24) is 29.4 Å². The van der Waals surface area contributed by atoms with Crippen molar-refractivity contribution in [2.45, 2.75) is 18.4 Å². The molecule has 0 unspecified atom stereocenters. The van der Waals surface area contributed by atoms with E-state index in [2.05, 4.69) is 20.4 Å². The van der Waals surface area contributed by atoms with E-state index in [9.17, 15) is 12.8 Å². The lowest BCUT2D eigenvalue weighted by atomic mass is 10.3. The molecule has 11 heteroatoms. The Hall–Kier alpha value is -2.89. The Kier molecular flexibility index (Phi) is 6.25. The molecule has 0 saturated carbocycles. The zero-order valence-corrected chi connectivity index (χ0v) is 17.9. The van der Waals surface area contributed by atoms with Gasteiger partial charge in [-0.3, -0.25) is 4.90 Å². The summed E-state index contributed by atoms with van der Waals surface area (Å²) >= 11 is 0. The summed E-state index contributed by atoms with van der Waals surface area (Å²) in [5.41, 5.74) is 0.809. The maximum Gasteiger partial charge on any atom is 0.246 e. The summed E-state index contributed by atoms with van der Waals surface area (Å²) in [7, 11) is -3.86. The first-order valence-electron chi connectivity index (χ1n) is 9.96. The highest BCUT2D eigenvalue weighted by Crippen LogP contribution is 2.21. The Balaban J connectivity index is 1.41. The number of benzene rings is 2. The van der Waals surface area contributed by atoms with Crippen molar-refractivity contribution < 1.29 is 17.5 Å². The zero-order valence-electron chi connectivity index (χ0n) is 17.1. The molecule has 3 aromatic rings. The SMILES string of the molecule is CCOc1ccc(-n2nnnc2CN2CCN(S(=O)(=O)c3ccccc3F)CC2)cc1. The fourth-order valence-corrected chi connectivity index (χ4v) is 4.96. The van der Waals surface area contributed by atoms with Gasteiger partial charge in [0.25, 0.3) is 0 Å². The molecule has 9 nitrogen and oxygen atoms in total.